The van der Waals surface area contributed by atoms with Crippen molar-refractivity contribution in [1.29, 1.82) is 0 Å². The van der Waals surface area contributed by atoms with Gasteiger partial charge in [0.25, 0.3) is 5.91 Å². The third-order valence-corrected chi connectivity index (χ3v) is 3.38. The van der Waals surface area contributed by atoms with Gasteiger partial charge in [-0.1, -0.05) is 30.3 Å². The van der Waals surface area contributed by atoms with Crippen LogP contribution in [0.2, 0.25) is 0 Å². The SMILES string of the molecule is O=C(CCc1ccccc1)Nc1ccc2c(c1)OCC(=O)N2. The van der Waals surface area contributed by atoms with Crippen LogP contribution in [0.3, 0.4) is 0 Å². The van der Waals surface area contributed by atoms with Gasteiger partial charge in [-0.05, 0) is 24.1 Å². The van der Waals surface area contributed by atoms with E-state index in [9.17, 15) is 9.59 Å². The largest absolute Gasteiger partial charge is 0.482 e. The molecule has 2 amide bonds. The Balaban J connectivity index is 1.59. The molecule has 0 radical (unpaired) electrons. The van der Waals surface area contributed by atoms with Crippen LogP contribution in [0.1, 0.15) is 12.0 Å². The van der Waals surface area contributed by atoms with Gasteiger partial charge in [0, 0.05) is 18.2 Å². The fourth-order valence-electron chi connectivity index (χ4n) is 2.28. The van der Waals surface area contributed by atoms with Gasteiger partial charge >= 0.3 is 0 Å². The van der Waals surface area contributed by atoms with Gasteiger partial charge in [0.1, 0.15) is 5.75 Å². The van der Waals surface area contributed by atoms with Crippen LogP contribution in [0.15, 0.2) is 48.5 Å². The average molecular weight is 296 g/mol. The van der Waals surface area contributed by atoms with Gasteiger partial charge in [0.2, 0.25) is 5.91 Å². The Morgan fingerprint density at radius 1 is 1.18 bits per heavy atom. The molecule has 0 aromatic heterocycles. The molecule has 0 bridgehead atoms. The Kier molecular flexibility index (Phi) is 4.05. The van der Waals surface area contributed by atoms with Gasteiger partial charge in [0.15, 0.2) is 6.61 Å². The molecule has 1 aliphatic rings. The van der Waals surface area contributed by atoms with E-state index in [1.165, 1.54) is 0 Å². The van der Waals surface area contributed by atoms with E-state index in [-0.39, 0.29) is 18.4 Å². The zero-order valence-electron chi connectivity index (χ0n) is 12.0. The number of amides is 2. The predicted molar refractivity (Wildman–Crippen MR) is 84.0 cm³/mol. The maximum atomic E-state index is 12.0. The van der Waals surface area contributed by atoms with Crippen molar-refractivity contribution < 1.29 is 14.3 Å². The lowest BCUT2D eigenvalue weighted by atomic mass is 10.1. The summed E-state index contributed by atoms with van der Waals surface area (Å²) in [5.41, 5.74) is 2.42. The average Bonchev–Trinajstić information content (AvgIpc) is 2.54. The second-order valence-electron chi connectivity index (χ2n) is 5.08. The molecule has 0 fully saturated rings. The van der Waals surface area contributed by atoms with Crippen LogP contribution in [0.5, 0.6) is 5.75 Å². The fraction of sp³-hybridized carbons (Fsp3) is 0.176. The Morgan fingerprint density at radius 2 is 2.00 bits per heavy atom. The molecule has 0 saturated heterocycles. The summed E-state index contributed by atoms with van der Waals surface area (Å²) in [6.45, 7) is -0.00158. The number of hydrogen-bond acceptors (Lipinski definition) is 3. The van der Waals surface area contributed by atoms with Crippen molar-refractivity contribution in [2.24, 2.45) is 0 Å². The smallest absolute Gasteiger partial charge is 0.262 e. The van der Waals surface area contributed by atoms with Gasteiger partial charge in [-0.25, -0.2) is 0 Å². The molecule has 0 unspecified atom stereocenters. The highest BCUT2D eigenvalue weighted by atomic mass is 16.5. The first kappa shape index (κ1) is 14.1. The number of hydrogen-bond donors (Lipinski definition) is 2. The van der Waals surface area contributed by atoms with Crippen molar-refractivity contribution >= 4 is 23.2 Å². The van der Waals surface area contributed by atoms with E-state index in [0.717, 1.165) is 5.56 Å². The summed E-state index contributed by atoms with van der Waals surface area (Å²) in [5.74, 6) is 0.344. The fourth-order valence-corrected chi connectivity index (χ4v) is 2.28. The van der Waals surface area contributed by atoms with Gasteiger partial charge in [-0.2, -0.15) is 0 Å². The number of ether oxygens (including phenoxy) is 1. The lowest BCUT2D eigenvalue weighted by Gasteiger charge is -2.18. The Hall–Kier alpha value is -2.82. The molecule has 0 aliphatic carbocycles. The van der Waals surface area contributed by atoms with Crippen molar-refractivity contribution in [3.63, 3.8) is 0 Å². The Morgan fingerprint density at radius 3 is 2.82 bits per heavy atom. The third kappa shape index (κ3) is 3.44. The van der Waals surface area contributed by atoms with Gasteiger partial charge < -0.3 is 15.4 Å². The summed E-state index contributed by atoms with van der Waals surface area (Å²) in [5, 5.41) is 5.55. The third-order valence-electron chi connectivity index (χ3n) is 3.38. The molecule has 112 valence electrons. The second-order valence-corrected chi connectivity index (χ2v) is 5.08. The number of fused-ring (bicyclic) bond motifs is 1. The van der Waals surface area contributed by atoms with Crippen LogP contribution in [-0.2, 0) is 16.0 Å². The van der Waals surface area contributed by atoms with Gasteiger partial charge in [0.05, 0.1) is 5.69 Å². The van der Waals surface area contributed by atoms with Crippen LogP contribution in [0.4, 0.5) is 11.4 Å². The first-order valence-corrected chi connectivity index (χ1v) is 7.11. The standard InChI is InChI=1S/C17H16N2O3/c20-16(9-6-12-4-2-1-3-5-12)18-13-7-8-14-15(10-13)22-11-17(21)19-14/h1-5,7-8,10H,6,9,11H2,(H,18,20)(H,19,21). The monoisotopic (exact) mass is 296 g/mol. The van der Waals surface area contributed by atoms with E-state index in [1.54, 1.807) is 18.2 Å². The molecule has 2 N–H and O–H groups in total. The van der Waals surface area contributed by atoms with E-state index in [2.05, 4.69) is 10.6 Å². The summed E-state index contributed by atoms with van der Waals surface area (Å²) >= 11 is 0. The van der Waals surface area contributed by atoms with E-state index < -0.39 is 0 Å². The zero-order chi connectivity index (χ0) is 15.4. The first-order chi connectivity index (χ1) is 10.7. The molecular formula is C17H16N2O3. The molecule has 3 rings (SSSR count). The number of carbonyl (C=O) groups is 2. The van der Waals surface area contributed by atoms with Crippen LogP contribution in [0.25, 0.3) is 0 Å². The van der Waals surface area contributed by atoms with E-state index in [4.69, 9.17) is 4.74 Å². The molecule has 5 nitrogen and oxygen atoms in total. The molecule has 2 aromatic rings. The molecular weight excluding hydrogens is 280 g/mol. The molecule has 2 aromatic carbocycles. The van der Waals surface area contributed by atoms with E-state index >= 15 is 0 Å². The van der Waals surface area contributed by atoms with Crippen LogP contribution in [0, 0.1) is 0 Å². The Labute approximate surface area is 128 Å². The highest BCUT2D eigenvalue weighted by Crippen LogP contribution is 2.30. The highest BCUT2D eigenvalue weighted by molar-refractivity contribution is 5.97. The minimum Gasteiger partial charge on any atom is -0.482 e. The van der Waals surface area contributed by atoms with Crippen LogP contribution < -0.4 is 15.4 Å². The molecule has 1 aliphatic heterocycles. The second kappa shape index (κ2) is 6.30. The summed E-state index contributed by atoms with van der Waals surface area (Å²) in [6.07, 6.45) is 1.11. The minimum absolute atomic E-state index is 0.00158. The lowest BCUT2D eigenvalue weighted by Crippen LogP contribution is -2.25. The van der Waals surface area contributed by atoms with Gasteiger partial charge in [-0.15, -0.1) is 0 Å². The molecule has 0 saturated carbocycles. The minimum atomic E-state index is -0.174. The number of carbonyl (C=O) groups excluding carboxylic acids is 2. The van der Waals surface area contributed by atoms with Crippen LogP contribution in [-0.4, -0.2) is 18.4 Å². The topological polar surface area (TPSA) is 67.4 Å². The zero-order valence-corrected chi connectivity index (χ0v) is 12.0. The molecule has 22 heavy (non-hydrogen) atoms. The molecule has 1 heterocycles. The maximum Gasteiger partial charge on any atom is 0.262 e. The molecule has 0 atom stereocenters. The number of nitrogens with one attached hydrogen (secondary N) is 2. The van der Waals surface area contributed by atoms with Crippen molar-refractivity contribution in [2.75, 3.05) is 17.2 Å². The Bertz CT molecular complexity index is 698. The van der Waals surface area contributed by atoms with Crippen LogP contribution >= 0.6 is 0 Å². The number of anilines is 2. The maximum absolute atomic E-state index is 12.0. The van der Waals surface area contributed by atoms with E-state index in [1.807, 2.05) is 30.3 Å². The normalized spacial score (nSPS) is 12.8. The molecule has 0 spiro atoms. The predicted octanol–water partition coefficient (Wildman–Crippen LogP) is 2.59. The van der Waals surface area contributed by atoms with Gasteiger partial charge in [-0.3, -0.25) is 9.59 Å². The van der Waals surface area contributed by atoms with Crippen molar-refractivity contribution in [2.45, 2.75) is 12.8 Å². The summed E-state index contributed by atoms with van der Waals surface area (Å²) in [7, 11) is 0. The summed E-state index contributed by atoms with van der Waals surface area (Å²) in [4.78, 5) is 23.2. The van der Waals surface area contributed by atoms with Crippen molar-refractivity contribution in [3.8, 4) is 5.75 Å². The number of aryl methyl sites for hydroxylation is 1. The first-order valence-electron chi connectivity index (χ1n) is 7.11. The van der Waals surface area contributed by atoms with E-state index in [0.29, 0.717) is 30.0 Å². The summed E-state index contributed by atoms with van der Waals surface area (Å²) < 4.78 is 5.32. The highest BCUT2D eigenvalue weighted by Gasteiger charge is 2.16. The van der Waals surface area contributed by atoms with Crippen molar-refractivity contribution in [1.82, 2.24) is 0 Å². The molecule has 5 heteroatoms. The summed E-state index contributed by atoms with van der Waals surface area (Å²) in [6, 6.07) is 15.1. The number of rotatable bonds is 4. The lowest BCUT2D eigenvalue weighted by molar-refractivity contribution is -0.118. The van der Waals surface area contributed by atoms with Crippen molar-refractivity contribution in [3.05, 3.63) is 54.1 Å². The number of benzene rings is 2. The quantitative estimate of drug-likeness (QED) is 0.911.